The first kappa shape index (κ1) is 20.7. The van der Waals surface area contributed by atoms with E-state index in [2.05, 4.69) is 41.4 Å². The van der Waals surface area contributed by atoms with E-state index in [0.717, 1.165) is 30.7 Å². The molecule has 0 atom stereocenters. The summed E-state index contributed by atoms with van der Waals surface area (Å²) in [4.78, 5) is 2.59. The summed E-state index contributed by atoms with van der Waals surface area (Å²) < 4.78 is 5.97. The number of unbranched alkanes of at least 4 members (excludes halogenated alkanes) is 1. The number of likely N-dealkylation sites (tertiary alicyclic amines) is 1. The summed E-state index contributed by atoms with van der Waals surface area (Å²) in [6.07, 6.45) is 13.2. The molecule has 27 heavy (non-hydrogen) atoms. The van der Waals surface area contributed by atoms with E-state index in [-0.39, 0.29) is 0 Å². The Bertz CT molecular complexity index is 502. The molecule has 2 aliphatic rings. The molecule has 152 valence electrons. The Hall–Kier alpha value is -1.06. The summed E-state index contributed by atoms with van der Waals surface area (Å²) in [6, 6.07) is 9.71. The summed E-state index contributed by atoms with van der Waals surface area (Å²) >= 11 is 0. The number of rotatable bonds is 10. The topological polar surface area (TPSA) is 24.5 Å². The molecule has 1 saturated carbocycles. The van der Waals surface area contributed by atoms with Gasteiger partial charge in [-0.25, -0.2) is 0 Å². The zero-order chi connectivity index (χ0) is 18.7. The predicted molar refractivity (Wildman–Crippen MR) is 115 cm³/mol. The van der Waals surface area contributed by atoms with E-state index in [1.54, 1.807) is 0 Å². The number of nitrogens with one attached hydrogen (secondary N) is 1. The second-order valence-electron chi connectivity index (χ2n) is 8.53. The van der Waals surface area contributed by atoms with Gasteiger partial charge in [-0.1, -0.05) is 31.9 Å². The number of piperidine rings is 1. The molecule has 3 nitrogen and oxygen atoms in total. The molecular weight excluding hydrogens is 332 g/mol. The van der Waals surface area contributed by atoms with E-state index in [0.29, 0.717) is 0 Å². The monoisotopic (exact) mass is 372 g/mol. The fraction of sp³-hybridized carbons (Fsp3) is 0.750. The molecule has 1 aromatic carbocycles. The summed E-state index contributed by atoms with van der Waals surface area (Å²) in [6.45, 7) is 8.05. The Morgan fingerprint density at radius 2 is 1.70 bits per heavy atom. The van der Waals surface area contributed by atoms with Gasteiger partial charge in [0.05, 0.1) is 6.61 Å². The van der Waals surface area contributed by atoms with E-state index in [1.807, 2.05) is 0 Å². The van der Waals surface area contributed by atoms with Crippen LogP contribution in [-0.2, 0) is 0 Å². The van der Waals surface area contributed by atoms with Crippen LogP contribution in [-0.4, -0.2) is 43.7 Å². The van der Waals surface area contributed by atoms with Crippen molar-refractivity contribution in [1.82, 2.24) is 10.2 Å². The SMILES string of the molecule is CCCCNC1CCC(c2ccc(OCCCN3CCCCC3)cc2)CC1. The third kappa shape index (κ3) is 7.12. The Morgan fingerprint density at radius 1 is 0.963 bits per heavy atom. The lowest BCUT2D eigenvalue weighted by molar-refractivity contribution is 0.205. The van der Waals surface area contributed by atoms with Crippen LogP contribution in [0.25, 0.3) is 0 Å². The van der Waals surface area contributed by atoms with Crippen molar-refractivity contribution in [3.63, 3.8) is 0 Å². The highest BCUT2D eigenvalue weighted by atomic mass is 16.5. The van der Waals surface area contributed by atoms with Crippen LogP contribution in [0, 0.1) is 0 Å². The summed E-state index contributed by atoms with van der Waals surface area (Å²) in [5.74, 6) is 1.77. The highest BCUT2D eigenvalue weighted by molar-refractivity contribution is 5.29. The molecule has 2 fully saturated rings. The minimum Gasteiger partial charge on any atom is -0.494 e. The molecule has 0 amide bonds. The Kier molecular flexibility index (Phi) is 8.96. The first-order chi connectivity index (χ1) is 13.3. The fourth-order valence-corrected chi connectivity index (χ4v) is 4.61. The van der Waals surface area contributed by atoms with Gasteiger partial charge >= 0.3 is 0 Å². The summed E-state index contributed by atoms with van der Waals surface area (Å²) in [5, 5.41) is 3.73. The van der Waals surface area contributed by atoms with Gasteiger partial charge in [0.1, 0.15) is 5.75 Å². The van der Waals surface area contributed by atoms with Gasteiger partial charge in [0.25, 0.3) is 0 Å². The van der Waals surface area contributed by atoms with Crippen LogP contribution in [0.1, 0.15) is 82.6 Å². The van der Waals surface area contributed by atoms with Gasteiger partial charge in [0.2, 0.25) is 0 Å². The Labute approximate surface area is 166 Å². The molecule has 1 aliphatic carbocycles. The Balaban J connectivity index is 1.32. The molecule has 1 heterocycles. The summed E-state index contributed by atoms with van der Waals surface area (Å²) in [7, 11) is 0. The summed E-state index contributed by atoms with van der Waals surface area (Å²) in [5.41, 5.74) is 1.50. The maximum atomic E-state index is 5.97. The van der Waals surface area contributed by atoms with E-state index < -0.39 is 0 Å². The van der Waals surface area contributed by atoms with Crippen LogP contribution in [0.4, 0.5) is 0 Å². The molecule has 3 heteroatoms. The van der Waals surface area contributed by atoms with E-state index in [4.69, 9.17) is 4.74 Å². The second kappa shape index (κ2) is 11.7. The highest BCUT2D eigenvalue weighted by Crippen LogP contribution is 2.33. The maximum absolute atomic E-state index is 5.97. The number of hydrogen-bond acceptors (Lipinski definition) is 3. The molecule has 0 aromatic heterocycles. The van der Waals surface area contributed by atoms with Crippen LogP contribution >= 0.6 is 0 Å². The number of benzene rings is 1. The van der Waals surface area contributed by atoms with Crippen LogP contribution in [0.2, 0.25) is 0 Å². The molecule has 1 aromatic rings. The van der Waals surface area contributed by atoms with Gasteiger partial charge in [-0.05, 0) is 94.6 Å². The van der Waals surface area contributed by atoms with Crippen LogP contribution in [0.15, 0.2) is 24.3 Å². The van der Waals surface area contributed by atoms with Crippen molar-refractivity contribution in [2.75, 3.05) is 32.8 Å². The standard InChI is InChI=1S/C24H40N2O/c1-2-3-16-25-23-12-8-21(9-13-23)22-10-14-24(15-11-22)27-20-7-19-26-17-5-4-6-18-26/h10-11,14-15,21,23,25H,2-9,12-13,16-20H2,1H3. The third-order valence-corrected chi connectivity index (χ3v) is 6.38. The van der Waals surface area contributed by atoms with E-state index in [9.17, 15) is 0 Å². The minimum absolute atomic E-state index is 0.738. The van der Waals surface area contributed by atoms with E-state index in [1.165, 1.54) is 89.5 Å². The lowest BCUT2D eigenvalue weighted by Crippen LogP contribution is -2.33. The van der Waals surface area contributed by atoms with Gasteiger partial charge in [0.15, 0.2) is 0 Å². The Morgan fingerprint density at radius 3 is 2.41 bits per heavy atom. The van der Waals surface area contributed by atoms with Gasteiger partial charge in [0, 0.05) is 12.6 Å². The number of ether oxygens (including phenoxy) is 1. The van der Waals surface area contributed by atoms with Gasteiger partial charge in [-0.15, -0.1) is 0 Å². The maximum Gasteiger partial charge on any atom is 0.119 e. The average Bonchev–Trinajstić information content (AvgIpc) is 2.73. The molecule has 0 bridgehead atoms. The molecule has 0 unspecified atom stereocenters. The highest BCUT2D eigenvalue weighted by Gasteiger charge is 2.21. The van der Waals surface area contributed by atoms with Crippen molar-refractivity contribution in [2.24, 2.45) is 0 Å². The van der Waals surface area contributed by atoms with Gasteiger partial charge < -0.3 is 15.0 Å². The first-order valence-electron chi connectivity index (χ1n) is 11.5. The van der Waals surface area contributed by atoms with Crippen LogP contribution in [0.5, 0.6) is 5.75 Å². The second-order valence-corrected chi connectivity index (χ2v) is 8.53. The first-order valence-corrected chi connectivity index (χ1v) is 11.5. The van der Waals surface area contributed by atoms with Gasteiger partial charge in [-0.3, -0.25) is 0 Å². The lowest BCUT2D eigenvalue weighted by atomic mass is 9.82. The third-order valence-electron chi connectivity index (χ3n) is 6.38. The number of hydrogen-bond donors (Lipinski definition) is 1. The molecule has 3 rings (SSSR count). The number of nitrogens with zero attached hydrogens (tertiary/aromatic N) is 1. The van der Waals surface area contributed by atoms with Crippen molar-refractivity contribution in [3.05, 3.63) is 29.8 Å². The fourth-order valence-electron chi connectivity index (χ4n) is 4.61. The smallest absolute Gasteiger partial charge is 0.119 e. The lowest BCUT2D eigenvalue weighted by Gasteiger charge is -2.29. The quantitative estimate of drug-likeness (QED) is 0.560. The normalized spacial score (nSPS) is 24.0. The molecule has 1 N–H and O–H groups in total. The van der Waals surface area contributed by atoms with Crippen LogP contribution in [0.3, 0.4) is 0 Å². The average molecular weight is 373 g/mol. The van der Waals surface area contributed by atoms with Crippen molar-refractivity contribution in [3.8, 4) is 5.75 Å². The molecule has 1 saturated heterocycles. The van der Waals surface area contributed by atoms with Crippen LogP contribution < -0.4 is 10.1 Å². The minimum atomic E-state index is 0.738. The predicted octanol–water partition coefficient (Wildman–Crippen LogP) is 5.36. The molecule has 0 radical (unpaired) electrons. The van der Waals surface area contributed by atoms with Crippen molar-refractivity contribution < 1.29 is 4.74 Å². The molecular formula is C24H40N2O. The van der Waals surface area contributed by atoms with Crippen molar-refractivity contribution in [2.45, 2.75) is 83.1 Å². The van der Waals surface area contributed by atoms with E-state index >= 15 is 0 Å². The molecule has 0 spiro atoms. The molecule has 1 aliphatic heterocycles. The van der Waals surface area contributed by atoms with Crippen molar-refractivity contribution in [1.29, 1.82) is 0 Å². The zero-order valence-corrected chi connectivity index (χ0v) is 17.4. The largest absolute Gasteiger partial charge is 0.494 e. The zero-order valence-electron chi connectivity index (χ0n) is 17.4. The van der Waals surface area contributed by atoms with Crippen molar-refractivity contribution >= 4 is 0 Å². The van der Waals surface area contributed by atoms with Gasteiger partial charge in [-0.2, -0.15) is 0 Å².